The Hall–Kier alpha value is -0.875. The molecule has 0 saturated carbocycles. The average Bonchev–Trinajstić information content (AvgIpc) is 2.20. The molecule has 1 saturated heterocycles. The number of nitrogens with two attached hydrogens (primary N) is 1. The van der Waals surface area contributed by atoms with Crippen molar-refractivity contribution in [1.82, 2.24) is 0 Å². The first-order chi connectivity index (χ1) is 7.03. The van der Waals surface area contributed by atoms with E-state index in [-0.39, 0.29) is 17.3 Å². The van der Waals surface area contributed by atoms with Gasteiger partial charge in [-0.3, -0.25) is 4.99 Å². The topological polar surface area (TPSA) is 69.2 Å². The molecule has 0 amide bonds. The fraction of sp³-hybridized carbons (Fsp3) is 0.778. The number of hydrogen-bond donors (Lipinski definition) is 1. The van der Waals surface area contributed by atoms with Gasteiger partial charge in [0.15, 0.2) is 6.29 Å². The number of hydrazone groups is 1. The lowest BCUT2D eigenvalue weighted by molar-refractivity contribution is -0.215. The van der Waals surface area contributed by atoms with Crippen LogP contribution < -0.4 is 5.84 Å². The molecule has 2 N–H and O–H groups in total. The molecule has 6 heteroatoms. The molecule has 0 unspecified atom stereocenters. The van der Waals surface area contributed by atoms with Crippen LogP contribution in [0.3, 0.4) is 0 Å². The molecule has 1 aliphatic heterocycles. The smallest absolute Gasteiger partial charge is 0.176 e. The van der Waals surface area contributed by atoms with Gasteiger partial charge in [-0.25, -0.2) is 0 Å². The van der Waals surface area contributed by atoms with Crippen molar-refractivity contribution in [2.24, 2.45) is 21.4 Å². The Kier molecular flexibility index (Phi) is 4.29. The van der Waals surface area contributed by atoms with Gasteiger partial charge < -0.3 is 15.3 Å². The second-order valence-electron chi connectivity index (χ2n) is 4.26. The van der Waals surface area contributed by atoms with Gasteiger partial charge in [-0.15, -0.1) is 0 Å². The van der Waals surface area contributed by atoms with Gasteiger partial charge in [0.05, 0.1) is 19.8 Å². The molecule has 0 aromatic carbocycles. The Bertz CT molecular complexity index is 256. The molecule has 5 nitrogen and oxygen atoms in total. The second-order valence-corrected chi connectivity index (χ2v) is 4.26. The van der Waals surface area contributed by atoms with E-state index in [0.29, 0.717) is 19.8 Å². The zero-order chi connectivity index (χ0) is 11.3. The molecule has 0 aromatic heterocycles. The summed E-state index contributed by atoms with van der Waals surface area (Å²) in [4.78, 5) is 4.00. The van der Waals surface area contributed by atoms with E-state index in [1.165, 1.54) is 6.21 Å². The van der Waals surface area contributed by atoms with Gasteiger partial charge in [0.25, 0.3) is 0 Å². The third kappa shape index (κ3) is 4.44. The SMILES string of the molecule is [B]/C(C=NCC1OCC(C)(C)CO1)=N/N. The molecule has 1 aliphatic rings. The zero-order valence-electron chi connectivity index (χ0n) is 9.14. The maximum absolute atomic E-state index is 5.46. The van der Waals surface area contributed by atoms with Crippen LogP contribution in [0.1, 0.15) is 13.8 Å². The van der Waals surface area contributed by atoms with Gasteiger partial charge in [0.1, 0.15) is 7.85 Å². The predicted molar refractivity (Wildman–Crippen MR) is 60.2 cm³/mol. The van der Waals surface area contributed by atoms with Crippen LogP contribution in [0.5, 0.6) is 0 Å². The third-order valence-corrected chi connectivity index (χ3v) is 1.95. The van der Waals surface area contributed by atoms with E-state index in [9.17, 15) is 0 Å². The average molecular weight is 209 g/mol. The minimum atomic E-state index is -0.292. The summed E-state index contributed by atoms with van der Waals surface area (Å²) in [6.07, 6.45) is 1.10. The van der Waals surface area contributed by atoms with Crippen LogP contribution in [-0.2, 0) is 9.47 Å². The fourth-order valence-electron chi connectivity index (χ4n) is 1.10. The summed E-state index contributed by atoms with van der Waals surface area (Å²) in [7, 11) is 5.33. The summed E-state index contributed by atoms with van der Waals surface area (Å²) < 4.78 is 10.9. The zero-order valence-corrected chi connectivity index (χ0v) is 9.14. The van der Waals surface area contributed by atoms with Crippen LogP contribution in [0.25, 0.3) is 0 Å². The first kappa shape index (κ1) is 12.2. The Morgan fingerprint density at radius 1 is 1.53 bits per heavy atom. The molecule has 82 valence electrons. The monoisotopic (exact) mass is 209 g/mol. The van der Waals surface area contributed by atoms with E-state index in [1.807, 2.05) is 0 Å². The molecule has 2 radical (unpaired) electrons. The minimum Gasteiger partial charge on any atom is -0.350 e. The van der Waals surface area contributed by atoms with Crippen LogP contribution in [0.4, 0.5) is 0 Å². The van der Waals surface area contributed by atoms with E-state index in [0.717, 1.165) is 0 Å². The first-order valence-electron chi connectivity index (χ1n) is 4.80. The van der Waals surface area contributed by atoms with Gasteiger partial charge in [-0.2, -0.15) is 5.10 Å². The van der Waals surface area contributed by atoms with Crippen molar-refractivity contribution in [2.75, 3.05) is 19.8 Å². The lowest BCUT2D eigenvalue weighted by Gasteiger charge is -2.33. The van der Waals surface area contributed by atoms with Crippen LogP contribution in [-0.4, -0.2) is 45.7 Å². The lowest BCUT2D eigenvalue weighted by Crippen LogP contribution is -2.39. The van der Waals surface area contributed by atoms with Crippen LogP contribution >= 0.6 is 0 Å². The molecule has 0 aromatic rings. The van der Waals surface area contributed by atoms with E-state index >= 15 is 0 Å². The highest BCUT2D eigenvalue weighted by Gasteiger charge is 2.27. The molecule has 1 fully saturated rings. The van der Waals surface area contributed by atoms with Crippen LogP contribution in [0.15, 0.2) is 10.1 Å². The first-order valence-corrected chi connectivity index (χ1v) is 4.80. The van der Waals surface area contributed by atoms with Gasteiger partial charge in [-0.1, -0.05) is 13.8 Å². The molecule has 0 spiro atoms. The van der Waals surface area contributed by atoms with Gasteiger partial charge >= 0.3 is 0 Å². The number of hydrogen-bond acceptors (Lipinski definition) is 5. The highest BCUT2D eigenvalue weighted by Crippen LogP contribution is 2.22. The summed E-state index contributed by atoms with van der Waals surface area (Å²) in [6, 6.07) is 0. The maximum Gasteiger partial charge on any atom is 0.176 e. The van der Waals surface area contributed by atoms with Crippen LogP contribution in [0, 0.1) is 5.41 Å². The van der Waals surface area contributed by atoms with E-state index < -0.39 is 0 Å². The Labute approximate surface area is 91.1 Å². The standard InChI is InChI=1S/C9H16BN3O2/c1-9(2)5-14-8(15-6-9)4-12-3-7(10)13-11/h3,8H,4-6,11H2,1-2H3/b12-3?,13-7+. The number of rotatable bonds is 3. The predicted octanol–water partition coefficient (Wildman–Crippen LogP) is -0.103. The summed E-state index contributed by atoms with van der Waals surface area (Å²) in [5.74, 6) is 4.94. The Balaban J connectivity index is 2.28. The van der Waals surface area contributed by atoms with E-state index in [4.69, 9.17) is 23.2 Å². The van der Waals surface area contributed by atoms with Gasteiger partial charge in [-0.05, 0) is 0 Å². The number of nitrogens with zero attached hydrogens (tertiary/aromatic N) is 2. The number of aliphatic imine (C=N–C) groups is 1. The molecule has 1 heterocycles. The molecule has 15 heavy (non-hydrogen) atoms. The minimum absolute atomic E-state index is 0.0813. The van der Waals surface area contributed by atoms with Crippen molar-refractivity contribution in [3.63, 3.8) is 0 Å². The Morgan fingerprint density at radius 3 is 2.67 bits per heavy atom. The van der Waals surface area contributed by atoms with Crippen molar-refractivity contribution in [1.29, 1.82) is 0 Å². The van der Waals surface area contributed by atoms with E-state index in [1.54, 1.807) is 0 Å². The summed E-state index contributed by atoms with van der Waals surface area (Å²) in [6.45, 7) is 5.94. The molecular formula is C9H16BN3O2. The number of ether oxygens (including phenoxy) is 2. The summed E-state index contributed by atoms with van der Waals surface area (Å²) in [5, 5.41) is 3.26. The van der Waals surface area contributed by atoms with E-state index in [2.05, 4.69) is 23.9 Å². The van der Waals surface area contributed by atoms with Crippen molar-refractivity contribution in [3.8, 4) is 0 Å². The van der Waals surface area contributed by atoms with Crippen molar-refractivity contribution < 1.29 is 9.47 Å². The van der Waals surface area contributed by atoms with Gasteiger partial charge in [0, 0.05) is 17.2 Å². The molecular weight excluding hydrogens is 193 g/mol. The highest BCUT2D eigenvalue weighted by atomic mass is 16.7. The van der Waals surface area contributed by atoms with Crippen molar-refractivity contribution in [2.45, 2.75) is 20.1 Å². The molecule has 0 aliphatic carbocycles. The second kappa shape index (κ2) is 5.28. The molecule has 0 atom stereocenters. The highest BCUT2D eigenvalue weighted by molar-refractivity contribution is 6.75. The maximum atomic E-state index is 5.46. The lowest BCUT2D eigenvalue weighted by atomic mass is 9.96. The third-order valence-electron chi connectivity index (χ3n) is 1.95. The largest absolute Gasteiger partial charge is 0.350 e. The van der Waals surface area contributed by atoms with Gasteiger partial charge in [0.2, 0.25) is 0 Å². The fourth-order valence-corrected chi connectivity index (χ4v) is 1.10. The van der Waals surface area contributed by atoms with Crippen molar-refractivity contribution >= 4 is 19.7 Å². The van der Waals surface area contributed by atoms with Crippen LogP contribution in [0.2, 0.25) is 0 Å². The summed E-state index contributed by atoms with van der Waals surface area (Å²) >= 11 is 0. The quantitative estimate of drug-likeness (QED) is 0.305. The molecule has 0 bridgehead atoms. The molecule has 1 rings (SSSR count). The van der Waals surface area contributed by atoms with Crippen molar-refractivity contribution in [3.05, 3.63) is 0 Å². The summed E-state index contributed by atoms with van der Waals surface area (Å²) in [5.41, 5.74) is 0.268. The normalized spacial score (nSPS) is 23.5. The Morgan fingerprint density at radius 2 is 2.13 bits per heavy atom.